The number of aryl methyl sites for hydroxylation is 2. The highest BCUT2D eigenvalue weighted by molar-refractivity contribution is 7.99. The molecule has 3 aromatic rings. The smallest absolute Gasteiger partial charge is 0.261 e. The van der Waals surface area contributed by atoms with Crippen LogP contribution in [0.4, 0.5) is 0 Å². The first kappa shape index (κ1) is 18.8. The highest BCUT2D eigenvalue weighted by atomic mass is 32.2. The quantitative estimate of drug-likeness (QED) is 0.248. The number of carbonyl (C=O) groups is 2. The molecule has 1 aliphatic heterocycles. The van der Waals surface area contributed by atoms with Gasteiger partial charge in [0.05, 0.1) is 11.1 Å². The second-order valence-electron chi connectivity index (χ2n) is 7.43. The van der Waals surface area contributed by atoms with Crippen LogP contribution >= 0.6 is 23.1 Å². The number of thiophene rings is 1. The second-order valence-corrected chi connectivity index (χ2v) is 9.60. The average Bonchev–Trinajstić information content (AvgIpc) is 3.25. The number of imide groups is 1. The molecule has 148 valence electrons. The van der Waals surface area contributed by atoms with Gasteiger partial charge in [0.15, 0.2) is 0 Å². The molecule has 5 nitrogen and oxygen atoms in total. The number of hydrogen-bond acceptors (Lipinski definition) is 6. The molecule has 0 fully saturated rings. The predicted octanol–water partition coefficient (Wildman–Crippen LogP) is 4.74. The molecular formula is C22H21N3O2S2. The minimum absolute atomic E-state index is 0.166. The number of benzene rings is 1. The summed E-state index contributed by atoms with van der Waals surface area (Å²) < 4.78 is 0. The van der Waals surface area contributed by atoms with Crippen molar-refractivity contribution < 1.29 is 9.59 Å². The first-order valence-electron chi connectivity index (χ1n) is 10.1. The number of unbranched alkanes of at least 4 members (excludes halogenated alkanes) is 1. The number of fused-ring (bicyclic) bond motifs is 4. The van der Waals surface area contributed by atoms with Crippen LogP contribution in [0.2, 0.25) is 0 Å². The van der Waals surface area contributed by atoms with Crippen molar-refractivity contribution >= 4 is 45.1 Å². The van der Waals surface area contributed by atoms with E-state index >= 15 is 0 Å². The van der Waals surface area contributed by atoms with Crippen molar-refractivity contribution in [3.05, 3.63) is 52.2 Å². The maximum absolute atomic E-state index is 12.4. The van der Waals surface area contributed by atoms with Crippen LogP contribution in [0.3, 0.4) is 0 Å². The molecule has 0 unspecified atom stereocenters. The van der Waals surface area contributed by atoms with Crippen molar-refractivity contribution in [3.63, 3.8) is 0 Å². The highest BCUT2D eigenvalue weighted by Crippen LogP contribution is 2.39. The molecule has 0 atom stereocenters. The Hall–Kier alpha value is -2.25. The van der Waals surface area contributed by atoms with E-state index in [2.05, 4.69) is 9.97 Å². The van der Waals surface area contributed by atoms with E-state index in [0.29, 0.717) is 17.7 Å². The van der Waals surface area contributed by atoms with E-state index < -0.39 is 0 Å². The van der Waals surface area contributed by atoms with Gasteiger partial charge in [-0.3, -0.25) is 14.5 Å². The predicted molar refractivity (Wildman–Crippen MR) is 116 cm³/mol. The Kier molecular flexibility index (Phi) is 5.09. The third kappa shape index (κ3) is 3.36. The molecule has 1 aromatic carbocycles. The van der Waals surface area contributed by atoms with E-state index in [1.54, 1.807) is 42.4 Å². The number of thioether (sulfide) groups is 1. The molecule has 0 saturated carbocycles. The van der Waals surface area contributed by atoms with E-state index in [4.69, 9.17) is 0 Å². The Morgan fingerprint density at radius 1 is 1.00 bits per heavy atom. The lowest BCUT2D eigenvalue weighted by atomic mass is 9.97. The maximum Gasteiger partial charge on any atom is 0.261 e. The fraction of sp³-hybridized carbons (Fsp3) is 0.364. The molecule has 2 amide bonds. The van der Waals surface area contributed by atoms with Crippen molar-refractivity contribution in [1.29, 1.82) is 0 Å². The third-order valence-electron chi connectivity index (χ3n) is 5.61. The van der Waals surface area contributed by atoms with Crippen LogP contribution in [-0.4, -0.2) is 39.0 Å². The molecule has 0 saturated heterocycles. The fourth-order valence-corrected chi connectivity index (χ4v) is 6.47. The van der Waals surface area contributed by atoms with E-state index in [0.717, 1.165) is 34.9 Å². The summed E-state index contributed by atoms with van der Waals surface area (Å²) in [5, 5.41) is 2.34. The standard InChI is InChI=1S/C22H21N3O2S2/c26-21-14-7-1-2-8-15(14)22(27)25(21)11-5-6-12-28-19-18-16-9-3-4-10-17(16)29-20(18)24-13-23-19/h1-2,7-8,13H,3-6,9-12H2. The molecule has 0 radical (unpaired) electrons. The van der Waals surface area contributed by atoms with Crippen molar-refractivity contribution in [3.8, 4) is 0 Å². The summed E-state index contributed by atoms with van der Waals surface area (Å²) in [7, 11) is 0. The summed E-state index contributed by atoms with van der Waals surface area (Å²) >= 11 is 3.59. The zero-order valence-electron chi connectivity index (χ0n) is 16.0. The van der Waals surface area contributed by atoms with Crippen LogP contribution in [0.1, 0.15) is 56.8 Å². The number of hydrogen-bond donors (Lipinski definition) is 0. The van der Waals surface area contributed by atoms with E-state index in [9.17, 15) is 9.59 Å². The Morgan fingerprint density at radius 3 is 2.55 bits per heavy atom. The maximum atomic E-state index is 12.4. The normalized spacial score (nSPS) is 15.8. The van der Waals surface area contributed by atoms with Gasteiger partial charge in [-0.1, -0.05) is 12.1 Å². The molecule has 5 rings (SSSR count). The van der Waals surface area contributed by atoms with Gasteiger partial charge in [-0.15, -0.1) is 23.1 Å². The van der Waals surface area contributed by atoms with Gasteiger partial charge in [-0.2, -0.15) is 0 Å². The Balaban J connectivity index is 1.20. The number of amides is 2. The number of aromatic nitrogens is 2. The summed E-state index contributed by atoms with van der Waals surface area (Å²) in [6.07, 6.45) is 8.22. The van der Waals surface area contributed by atoms with Gasteiger partial charge in [-0.25, -0.2) is 9.97 Å². The molecule has 1 aliphatic carbocycles. The second kappa shape index (κ2) is 7.88. The van der Waals surface area contributed by atoms with Crippen LogP contribution in [0.5, 0.6) is 0 Å². The average molecular weight is 424 g/mol. The summed E-state index contributed by atoms with van der Waals surface area (Å²) in [5.41, 5.74) is 2.51. The number of nitrogens with zero attached hydrogens (tertiary/aromatic N) is 3. The molecule has 29 heavy (non-hydrogen) atoms. The molecule has 0 N–H and O–H groups in total. The topological polar surface area (TPSA) is 63.2 Å². The third-order valence-corrected chi connectivity index (χ3v) is 7.89. The Morgan fingerprint density at radius 2 is 1.76 bits per heavy atom. The minimum atomic E-state index is -0.166. The van der Waals surface area contributed by atoms with Crippen LogP contribution in [0, 0.1) is 0 Å². The Bertz CT molecular complexity index is 1070. The van der Waals surface area contributed by atoms with Crippen LogP contribution in [0.25, 0.3) is 10.2 Å². The van der Waals surface area contributed by atoms with Crippen LogP contribution in [-0.2, 0) is 12.8 Å². The van der Waals surface area contributed by atoms with Gasteiger partial charge in [-0.05, 0) is 62.0 Å². The largest absolute Gasteiger partial charge is 0.274 e. The first-order valence-corrected chi connectivity index (χ1v) is 11.9. The van der Waals surface area contributed by atoms with Crippen molar-refractivity contribution in [2.75, 3.05) is 12.3 Å². The Labute approximate surface area is 177 Å². The summed E-state index contributed by atoms with van der Waals surface area (Å²) in [5.74, 6) is 0.584. The van der Waals surface area contributed by atoms with Crippen molar-refractivity contribution in [2.45, 2.75) is 43.6 Å². The van der Waals surface area contributed by atoms with Gasteiger partial charge in [0.2, 0.25) is 0 Å². The zero-order chi connectivity index (χ0) is 19.8. The van der Waals surface area contributed by atoms with Gasteiger partial charge < -0.3 is 0 Å². The summed E-state index contributed by atoms with van der Waals surface area (Å²) in [4.78, 5) is 37.9. The van der Waals surface area contributed by atoms with Gasteiger partial charge in [0.25, 0.3) is 11.8 Å². The molecule has 2 aliphatic rings. The lowest BCUT2D eigenvalue weighted by Crippen LogP contribution is -2.30. The number of rotatable bonds is 6. The zero-order valence-corrected chi connectivity index (χ0v) is 17.7. The van der Waals surface area contributed by atoms with Crippen molar-refractivity contribution in [2.24, 2.45) is 0 Å². The number of carbonyl (C=O) groups excluding carboxylic acids is 2. The van der Waals surface area contributed by atoms with Gasteiger partial charge in [0.1, 0.15) is 16.2 Å². The first-order chi connectivity index (χ1) is 14.2. The van der Waals surface area contributed by atoms with Gasteiger partial charge >= 0.3 is 0 Å². The molecule has 0 spiro atoms. The summed E-state index contributed by atoms with van der Waals surface area (Å²) in [6, 6.07) is 7.06. The SMILES string of the molecule is O=C1c2ccccc2C(=O)N1CCCCSc1ncnc2sc3c(c12)CCCC3. The van der Waals surface area contributed by atoms with Crippen molar-refractivity contribution in [1.82, 2.24) is 14.9 Å². The van der Waals surface area contributed by atoms with Gasteiger partial charge in [0, 0.05) is 16.8 Å². The van der Waals surface area contributed by atoms with E-state index in [1.165, 1.54) is 40.0 Å². The molecular weight excluding hydrogens is 402 g/mol. The van der Waals surface area contributed by atoms with Crippen LogP contribution in [0.15, 0.2) is 35.6 Å². The lowest BCUT2D eigenvalue weighted by Gasteiger charge is -2.13. The monoisotopic (exact) mass is 423 g/mol. The minimum Gasteiger partial charge on any atom is -0.274 e. The van der Waals surface area contributed by atoms with E-state index in [1.807, 2.05) is 11.3 Å². The van der Waals surface area contributed by atoms with E-state index in [-0.39, 0.29) is 11.8 Å². The highest BCUT2D eigenvalue weighted by Gasteiger charge is 2.34. The molecule has 2 aromatic heterocycles. The van der Waals surface area contributed by atoms with Crippen LogP contribution < -0.4 is 0 Å². The molecule has 7 heteroatoms. The lowest BCUT2D eigenvalue weighted by molar-refractivity contribution is 0.0652. The molecule has 0 bridgehead atoms. The fourth-order valence-electron chi connectivity index (χ4n) is 4.15. The summed E-state index contributed by atoms with van der Waals surface area (Å²) in [6.45, 7) is 0.472. The molecule has 3 heterocycles.